The second kappa shape index (κ2) is 6.57. The number of hydrogen-bond acceptors (Lipinski definition) is 5. The summed E-state index contributed by atoms with van der Waals surface area (Å²) in [6.07, 6.45) is -3.78. The van der Waals surface area contributed by atoms with Gasteiger partial charge in [-0.3, -0.25) is 0 Å². The predicted molar refractivity (Wildman–Crippen MR) is 91.9 cm³/mol. The lowest BCUT2D eigenvalue weighted by atomic mass is 10.1. The Bertz CT molecular complexity index is 979. The van der Waals surface area contributed by atoms with Crippen molar-refractivity contribution in [1.29, 1.82) is 0 Å². The molecule has 0 amide bonds. The highest BCUT2D eigenvalue weighted by molar-refractivity contribution is 7.90. The molecule has 1 aromatic heterocycles. The Morgan fingerprint density at radius 1 is 0.963 bits per heavy atom. The molecular formula is C16H13F5N2O2S2. The monoisotopic (exact) mass is 424 g/mol. The Kier molecular flexibility index (Phi) is 4.81. The van der Waals surface area contributed by atoms with Crippen LogP contribution in [0.25, 0.3) is 16.1 Å². The summed E-state index contributed by atoms with van der Waals surface area (Å²) in [6.45, 7) is 0. The zero-order valence-electron chi connectivity index (χ0n) is 13.6. The van der Waals surface area contributed by atoms with Crippen molar-refractivity contribution in [3.05, 3.63) is 47.4 Å². The second-order valence-electron chi connectivity index (χ2n) is 5.91. The third-order valence-electron chi connectivity index (χ3n) is 3.90. The van der Waals surface area contributed by atoms with Crippen LogP contribution in [0.1, 0.15) is 4.88 Å². The van der Waals surface area contributed by atoms with Gasteiger partial charge < -0.3 is 5.43 Å². The van der Waals surface area contributed by atoms with E-state index in [1.54, 1.807) is 24.3 Å². The molecule has 4 nitrogen and oxygen atoms in total. The quantitative estimate of drug-likeness (QED) is 0.733. The average molecular weight is 424 g/mol. The van der Waals surface area contributed by atoms with Crippen LogP contribution in [0.4, 0.5) is 22.0 Å². The zero-order chi connectivity index (χ0) is 20.0. The fourth-order valence-corrected chi connectivity index (χ4v) is 4.05. The summed E-state index contributed by atoms with van der Waals surface area (Å²) in [6, 6.07) is 7.12. The smallest absolute Gasteiger partial charge is 0.320 e. The molecule has 27 heavy (non-hydrogen) atoms. The number of alkyl halides is 5. The van der Waals surface area contributed by atoms with Gasteiger partial charge in [-0.15, -0.1) is 11.3 Å². The van der Waals surface area contributed by atoms with E-state index < -0.39 is 28.0 Å². The molecule has 0 spiro atoms. The molecule has 0 aliphatic carbocycles. The normalized spacial score (nSPS) is 18.3. The maximum atomic E-state index is 13.4. The van der Waals surface area contributed by atoms with E-state index >= 15 is 0 Å². The van der Waals surface area contributed by atoms with Gasteiger partial charge in [-0.2, -0.15) is 22.0 Å². The highest BCUT2D eigenvalue weighted by atomic mass is 32.2. The molecule has 0 radical (unpaired) electrons. The Balaban J connectivity index is 1.83. The van der Waals surface area contributed by atoms with Gasteiger partial charge >= 0.3 is 12.1 Å². The van der Waals surface area contributed by atoms with Crippen LogP contribution in [0.5, 0.6) is 0 Å². The number of sulfone groups is 1. The molecule has 3 rings (SSSR count). The summed E-state index contributed by atoms with van der Waals surface area (Å²) in [5.41, 5.74) is 5.12. The van der Waals surface area contributed by atoms with Crippen molar-refractivity contribution in [3.8, 4) is 10.4 Å². The van der Waals surface area contributed by atoms with Crippen LogP contribution in [-0.2, 0) is 9.84 Å². The van der Waals surface area contributed by atoms with Crippen molar-refractivity contribution in [2.24, 2.45) is 0 Å². The highest BCUT2D eigenvalue weighted by Crippen LogP contribution is 2.41. The van der Waals surface area contributed by atoms with Gasteiger partial charge in [0.25, 0.3) is 0 Å². The first kappa shape index (κ1) is 19.8. The topological polar surface area (TPSA) is 58.2 Å². The Hall–Kier alpha value is -1.98. The number of rotatable bonds is 4. The van der Waals surface area contributed by atoms with Crippen LogP contribution in [0.3, 0.4) is 0 Å². The van der Waals surface area contributed by atoms with E-state index in [0.29, 0.717) is 15.3 Å². The van der Waals surface area contributed by atoms with E-state index in [9.17, 15) is 30.4 Å². The molecule has 146 valence electrons. The molecule has 0 fully saturated rings. The minimum Gasteiger partial charge on any atom is -0.320 e. The summed E-state index contributed by atoms with van der Waals surface area (Å²) < 4.78 is 87.2. The molecule has 1 aliphatic rings. The molecule has 2 N–H and O–H groups in total. The van der Waals surface area contributed by atoms with Crippen LogP contribution in [0, 0.1) is 0 Å². The molecule has 2 aromatic rings. The minimum absolute atomic E-state index is 0.118. The van der Waals surface area contributed by atoms with Crippen LogP contribution in [0.15, 0.2) is 47.4 Å². The lowest BCUT2D eigenvalue weighted by Gasteiger charge is -2.23. The molecule has 11 heteroatoms. The average Bonchev–Trinajstić information content (AvgIpc) is 3.22. The van der Waals surface area contributed by atoms with E-state index in [2.05, 4.69) is 5.43 Å². The van der Waals surface area contributed by atoms with E-state index in [1.807, 2.05) is 5.43 Å². The summed E-state index contributed by atoms with van der Waals surface area (Å²) in [5.74, 6) is -4.91. The number of thiophene rings is 1. The molecule has 1 atom stereocenters. The molecule has 2 heterocycles. The summed E-state index contributed by atoms with van der Waals surface area (Å²) in [4.78, 5) is 1.33. The summed E-state index contributed by atoms with van der Waals surface area (Å²) in [7, 11) is -3.33. The molecule has 1 aliphatic heterocycles. The van der Waals surface area contributed by atoms with E-state index in [4.69, 9.17) is 0 Å². The Labute approximate surface area is 155 Å². The zero-order valence-corrected chi connectivity index (χ0v) is 15.3. The minimum atomic E-state index is -5.67. The van der Waals surface area contributed by atoms with Crippen molar-refractivity contribution in [2.75, 3.05) is 6.26 Å². The van der Waals surface area contributed by atoms with Crippen molar-refractivity contribution in [3.63, 3.8) is 0 Å². The van der Waals surface area contributed by atoms with Crippen molar-refractivity contribution in [1.82, 2.24) is 10.9 Å². The van der Waals surface area contributed by atoms with Gasteiger partial charge in [0.1, 0.15) is 6.04 Å². The van der Waals surface area contributed by atoms with E-state index in [-0.39, 0.29) is 10.6 Å². The number of hydrogen-bond donors (Lipinski definition) is 2. The first-order valence-electron chi connectivity index (χ1n) is 7.48. The number of halogens is 5. The summed E-state index contributed by atoms with van der Waals surface area (Å²) in [5, 5.41) is 0. The molecule has 1 aromatic carbocycles. The highest BCUT2D eigenvalue weighted by Gasteiger charge is 2.62. The van der Waals surface area contributed by atoms with E-state index in [1.165, 1.54) is 23.5 Å². The van der Waals surface area contributed by atoms with Gasteiger partial charge in [-0.05, 0) is 35.9 Å². The van der Waals surface area contributed by atoms with Gasteiger partial charge in [0, 0.05) is 11.1 Å². The Morgan fingerprint density at radius 2 is 1.56 bits per heavy atom. The van der Waals surface area contributed by atoms with Gasteiger partial charge in [0.15, 0.2) is 9.84 Å². The molecule has 0 saturated heterocycles. The predicted octanol–water partition coefficient (Wildman–Crippen LogP) is 3.83. The fourth-order valence-electron chi connectivity index (χ4n) is 2.43. The maximum Gasteiger partial charge on any atom is 0.455 e. The van der Waals surface area contributed by atoms with Crippen molar-refractivity contribution >= 4 is 26.9 Å². The largest absolute Gasteiger partial charge is 0.455 e. The van der Waals surface area contributed by atoms with Crippen LogP contribution in [-0.4, -0.2) is 32.8 Å². The number of benzene rings is 1. The maximum absolute atomic E-state index is 13.4. The number of hydrazine groups is 1. The van der Waals surface area contributed by atoms with Gasteiger partial charge in [-0.1, -0.05) is 12.1 Å². The molecule has 0 saturated carbocycles. The van der Waals surface area contributed by atoms with Gasteiger partial charge in [0.2, 0.25) is 0 Å². The lowest BCUT2D eigenvalue weighted by Crippen LogP contribution is -2.53. The third-order valence-corrected chi connectivity index (χ3v) is 6.20. The summed E-state index contributed by atoms with van der Waals surface area (Å²) >= 11 is 1.17. The van der Waals surface area contributed by atoms with Crippen molar-refractivity contribution < 1.29 is 30.4 Å². The van der Waals surface area contributed by atoms with Gasteiger partial charge in [-0.25, -0.2) is 13.8 Å². The lowest BCUT2D eigenvalue weighted by molar-refractivity contribution is -0.287. The third kappa shape index (κ3) is 3.85. The van der Waals surface area contributed by atoms with Crippen molar-refractivity contribution in [2.45, 2.75) is 23.0 Å². The number of nitrogens with one attached hydrogen (secondary N) is 2. The SMILES string of the molecule is CS(=O)(=O)c1ccc(-c2ccc(C3=CC(C(F)(F)C(F)(F)F)NN3)s2)cc1. The first-order chi connectivity index (χ1) is 12.4. The standard InChI is InChI=1S/C16H13F5N2O2S2/c1-27(24,25)10-4-2-9(3-5-10)12-6-7-13(26-12)11-8-14(23-22-11)15(17,18)16(19,20)21/h2-8,14,22-23H,1H3. The first-order valence-corrected chi connectivity index (χ1v) is 10.2. The van der Waals surface area contributed by atoms with Crippen LogP contribution >= 0.6 is 11.3 Å². The fraction of sp³-hybridized carbons (Fsp3) is 0.250. The molecule has 1 unspecified atom stereocenters. The molecular weight excluding hydrogens is 411 g/mol. The van der Waals surface area contributed by atoms with Crippen LogP contribution < -0.4 is 10.9 Å². The van der Waals surface area contributed by atoms with E-state index in [0.717, 1.165) is 12.3 Å². The molecule has 0 bridgehead atoms. The Morgan fingerprint density at radius 3 is 2.11 bits per heavy atom. The van der Waals surface area contributed by atoms with Crippen LogP contribution in [0.2, 0.25) is 0 Å². The second-order valence-corrected chi connectivity index (χ2v) is 9.01. The van der Waals surface area contributed by atoms with Gasteiger partial charge in [0.05, 0.1) is 15.5 Å².